The third kappa shape index (κ3) is 4.17. The third-order valence-corrected chi connectivity index (χ3v) is 3.39. The number of carbonyl (C=O) groups excluding carboxylic acids is 1. The molecule has 0 saturated heterocycles. The molecule has 0 atom stereocenters. The molecule has 0 saturated carbocycles. The Morgan fingerprint density at radius 2 is 1.76 bits per heavy atom. The minimum absolute atomic E-state index is 0.214. The highest BCUT2D eigenvalue weighted by Gasteiger charge is 2.16. The molecule has 0 fully saturated rings. The number of nitrogens with one attached hydrogen (secondary N) is 1. The zero-order chi connectivity index (χ0) is 16.2. The Kier molecular flexibility index (Phi) is 5.28. The Hall–Kier alpha value is -2.12. The quantitative estimate of drug-likeness (QED) is 0.740. The number of phenols is 1. The van der Waals surface area contributed by atoms with E-state index >= 15 is 0 Å². The van der Waals surface area contributed by atoms with Crippen molar-refractivity contribution in [1.29, 1.82) is 0 Å². The van der Waals surface area contributed by atoms with Crippen LogP contribution in [0.3, 0.4) is 0 Å². The average molecular weight is 311 g/mol. The highest BCUT2D eigenvalue weighted by Crippen LogP contribution is 2.30. The van der Waals surface area contributed by atoms with Crippen LogP contribution in [-0.4, -0.2) is 24.0 Å². The second-order valence-electron chi connectivity index (χ2n) is 4.04. The summed E-state index contributed by atoms with van der Waals surface area (Å²) in [7, 11) is -4.47. The molecule has 1 amide bonds. The molecule has 0 heterocycles. The summed E-state index contributed by atoms with van der Waals surface area (Å²) in [6.07, 6.45) is 0. The van der Waals surface area contributed by atoms with Gasteiger partial charge in [-0.3, -0.25) is 9.35 Å². The zero-order valence-electron chi connectivity index (χ0n) is 11.9. The van der Waals surface area contributed by atoms with Crippen molar-refractivity contribution in [2.45, 2.75) is 25.7 Å². The van der Waals surface area contributed by atoms with E-state index in [1.165, 1.54) is 25.1 Å². The number of carbonyl (C=O) groups is 1. The Labute approximate surface area is 123 Å². The van der Waals surface area contributed by atoms with Gasteiger partial charge in [0.25, 0.3) is 10.1 Å². The Bertz CT molecular complexity index is 768. The van der Waals surface area contributed by atoms with Crippen molar-refractivity contribution in [2.75, 3.05) is 5.32 Å². The number of anilines is 1. The molecule has 0 radical (unpaired) electrons. The molecule has 0 aliphatic rings. The van der Waals surface area contributed by atoms with E-state index in [1.807, 2.05) is 13.8 Å². The molecule has 0 spiro atoms. The molecule has 3 N–H and O–H groups in total. The van der Waals surface area contributed by atoms with Crippen molar-refractivity contribution in [1.82, 2.24) is 0 Å². The summed E-state index contributed by atoms with van der Waals surface area (Å²) in [5.41, 5.74) is 0.399. The van der Waals surface area contributed by atoms with Gasteiger partial charge in [0.15, 0.2) is 0 Å². The molecule has 0 aromatic heterocycles. The van der Waals surface area contributed by atoms with Crippen molar-refractivity contribution in [3.63, 3.8) is 0 Å². The van der Waals surface area contributed by atoms with E-state index in [1.54, 1.807) is 6.07 Å². The molecule has 2 rings (SSSR count). The van der Waals surface area contributed by atoms with Crippen molar-refractivity contribution in [3.05, 3.63) is 30.3 Å². The largest absolute Gasteiger partial charge is 0.508 e. The number of amides is 1. The monoisotopic (exact) mass is 311 g/mol. The van der Waals surface area contributed by atoms with Gasteiger partial charge in [-0.25, -0.2) is 0 Å². The molecule has 2 aromatic carbocycles. The minimum Gasteiger partial charge on any atom is -0.508 e. The van der Waals surface area contributed by atoms with Crippen LogP contribution >= 0.6 is 0 Å². The number of aromatic hydroxyl groups is 1. The summed E-state index contributed by atoms with van der Waals surface area (Å²) in [4.78, 5) is 10.6. The number of fused-ring (bicyclic) bond motifs is 1. The fraction of sp³-hybridized carbons (Fsp3) is 0.214. The van der Waals surface area contributed by atoms with E-state index in [4.69, 9.17) is 4.55 Å². The molecule has 114 valence electrons. The van der Waals surface area contributed by atoms with Crippen LogP contribution in [0.4, 0.5) is 5.69 Å². The molecule has 7 heteroatoms. The fourth-order valence-electron chi connectivity index (χ4n) is 1.80. The first-order valence-corrected chi connectivity index (χ1v) is 7.73. The van der Waals surface area contributed by atoms with Gasteiger partial charge in [0.1, 0.15) is 10.6 Å². The van der Waals surface area contributed by atoms with Gasteiger partial charge in [-0.15, -0.1) is 0 Å². The molecule has 21 heavy (non-hydrogen) atoms. The number of hydrogen-bond donors (Lipinski definition) is 3. The standard InChI is InChI=1S/C12H11NO5S.C2H6/c1-7(14)13-9-3-2-8-4-10(15)6-12(11(8)5-9)19(16,17)18;1-2/h2-6,15H,1H3,(H,13,14)(H,16,17,18);1-2H3. The van der Waals surface area contributed by atoms with Gasteiger partial charge in [0.05, 0.1) is 0 Å². The zero-order valence-corrected chi connectivity index (χ0v) is 12.7. The second kappa shape index (κ2) is 6.55. The first-order chi connectivity index (χ1) is 9.77. The second-order valence-corrected chi connectivity index (χ2v) is 5.43. The molecular weight excluding hydrogens is 294 g/mol. The summed E-state index contributed by atoms with van der Waals surface area (Å²) < 4.78 is 31.7. The smallest absolute Gasteiger partial charge is 0.295 e. The van der Waals surface area contributed by atoms with Gasteiger partial charge in [-0.05, 0) is 23.6 Å². The Balaban J connectivity index is 0.00000106. The van der Waals surface area contributed by atoms with Crippen LogP contribution in [-0.2, 0) is 14.9 Å². The maximum Gasteiger partial charge on any atom is 0.295 e. The Morgan fingerprint density at radius 3 is 2.29 bits per heavy atom. The van der Waals surface area contributed by atoms with Gasteiger partial charge in [-0.2, -0.15) is 8.42 Å². The summed E-state index contributed by atoms with van der Waals surface area (Å²) in [5.74, 6) is -0.570. The lowest BCUT2D eigenvalue weighted by Gasteiger charge is -2.08. The van der Waals surface area contributed by atoms with Crippen LogP contribution in [0.15, 0.2) is 35.2 Å². The SMILES string of the molecule is CC.CC(=O)Nc1ccc2cc(O)cc(S(=O)(=O)O)c2c1. The van der Waals surface area contributed by atoms with Crippen LogP contribution in [0, 0.1) is 0 Å². The van der Waals surface area contributed by atoms with E-state index in [9.17, 15) is 18.3 Å². The van der Waals surface area contributed by atoms with Crippen molar-refractivity contribution >= 4 is 32.5 Å². The van der Waals surface area contributed by atoms with Crippen molar-refractivity contribution in [3.8, 4) is 5.75 Å². The number of benzene rings is 2. The van der Waals surface area contributed by atoms with Gasteiger partial charge >= 0.3 is 0 Å². The number of rotatable bonds is 2. The van der Waals surface area contributed by atoms with Crippen LogP contribution < -0.4 is 5.32 Å². The van der Waals surface area contributed by atoms with Crippen molar-refractivity contribution in [2.24, 2.45) is 0 Å². The molecule has 0 unspecified atom stereocenters. The minimum atomic E-state index is -4.47. The molecule has 0 aliphatic heterocycles. The summed E-state index contributed by atoms with van der Waals surface area (Å²) >= 11 is 0. The van der Waals surface area contributed by atoms with Crippen LogP contribution in [0.25, 0.3) is 10.8 Å². The van der Waals surface area contributed by atoms with Gasteiger partial charge < -0.3 is 10.4 Å². The van der Waals surface area contributed by atoms with E-state index in [0.29, 0.717) is 11.1 Å². The predicted octanol–water partition coefficient (Wildman–Crippen LogP) is 2.78. The summed E-state index contributed by atoms with van der Waals surface area (Å²) in [5, 5.41) is 12.6. The van der Waals surface area contributed by atoms with Crippen LogP contribution in [0.2, 0.25) is 0 Å². The van der Waals surface area contributed by atoms with Gasteiger partial charge in [0.2, 0.25) is 5.91 Å². The van der Waals surface area contributed by atoms with Crippen molar-refractivity contribution < 1.29 is 22.9 Å². The average Bonchev–Trinajstić information content (AvgIpc) is 2.39. The normalized spacial score (nSPS) is 10.7. The molecule has 0 aliphatic carbocycles. The van der Waals surface area contributed by atoms with E-state index < -0.39 is 15.0 Å². The Morgan fingerprint density at radius 1 is 1.14 bits per heavy atom. The molecular formula is C14H17NO5S. The van der Waals surface area contributed by atoms with Gasteiger partial charge in [0, 0.05) is 24.1 Å². The summed E-state index contributed by atoms with van der Waals surface area (Å²) in [6.45, 7) is 5.32. The third-order valence-electron chi connectivity index (χ3n) is 2.50. The molecule has 2 aromatic rings. The maximum absolute atomic E-state index is 11.3. The van der Waals surface area contributed by atoms with Crippen LogP contribution in [0.1, 0.15) is 20.8 Å². The topological polar surface area (TPSA) is 104 Å². The van der Waals surface area contributed by atoms with E-state index in [-0.39, 0.29) is 17.0 Å². The highest BCUT2D eigenvalue weighted by atomic mass is 32.2. The first-order valence-electron chi connectivity index (χ1n) is 6.29. The van der Waals surface area contributed by atoms with E-state index in [0.717, 1.165) is 6.07 Å². The lowest BCUT2D eigenvalue weighted by atomic mass is 10.1. The lowest BCUT2D eigenvalue weighted by molar-refractivity contribution is -0.114. The summed E-state index contributed by atoms with van der Waals surface area (Å²) in [6, 6.07) is 6.84. The van der Waals surface area contributed by atoms with Crippen LogP contribution in [0.5, 0.6) is 5.75 Å². The highest BCUT2D eigenvalue weighted by molar-refractivity contribution is 7.86. The predicted molar refractivity (Wildman–Crippen MR) is 81.1 cm³/mol. The van der Waals surface area contributed by atoms with Gasteiger partial charge in [-0.1, -0.05) is 19.9 Å². The number of phenolic OH excluding ortho intramolecular Hbond substituents is 1. The molecule has 0 bridgehead atoms. The lowest BCUT2D eigenvalue weighted by Crippen LogP contribution is -2.06. The maximum atomic E-state index is 11.3. The number of hydrogen-bond acceptors (Lipinski definition) is 4. The van der Waals surface area contributed by atoms with E-state index in [2.05, 4.69) is 5.32 Å². The first kappa shape index (κ1) is 16.9. The fourth-order valence-corrected chi connectivity index (χ4v) is 2.53. The molecule has 6 nitrogen and oxygen atoms in total.